The van der Waals surface area contributed by atoms with Crippen molar-refractivity contribution in [3.8, 4) is 0 Å². The summed E-state index contributed by atoms with van der Waals surface area (Å²) in [4.78, 5) is 15.4. The van der Waals surface area contributed by atoms with Crippen LogP contribution in [0.2, 0.25) is 0 Å². The Kier molecular flexibility index (Phi) is 5.83. The lowest BCUT2D eigenvalue weighted by Crippen LogP contribution is -2.40. The molecule has 3 aromatic carbocycles. The molecule has 0 saturated heterocycles. The Morgan fingerprint density at radius 2 is 1.77 bits per heavy atom. The Labute approximate surface area is 187 Å². The molecule has 0 bridgehead atoms. The molecule has 0 unspecified atom stereocenters. The van der Waals surface area contributed by atoms with Crippen molar-refractivity contribution in [1.82, 2.24) is 10.2 Å². The highest BCUT2D eigenvalue weighted by Crippen LogP contribution is 2.29. The fourth-order valence-electron chi connectivity index (χ4n) is 4.60. The van der Waals surface area contributed by atoms with Gasteiger partial charge in [0.2, 0.25) is 5.91 Å². The van der Waals surface area contributed by atoms with E-state index in [2.05, 4.69) is 75.6 Å². The zero-order chi connectivity index (χ0) is 21.0. The van der Waals surface area contributed by atoms with Crippen LogP contribution in [0.5, 0.6) is 0 Å². The second-order valence-corrected chi connectivity index (χ2v) is 8.96. The molecule has 1 atom stereocenters. The Morgan fingerprint density at radius 1 is 0.968 bits per heavy atom. The molecule has 156 valence electrons. The van der Waals surface area contributed by atoms with Crippen LogP contribution in [-0.2, 0) is 24.2 Å². The summed E-state index contributed by atoms with van der Waals surface area (Å²) in [6.07, 6.45) is 1.46. The maximum absolute atomic E-state index is 12.9. The third-order valence-electron chi connectivity index (χ3n) is 6.25. The van der Waals surface area contributed by atoms with Crippen LogP contribution >= 0.6 is 11.3 Å². The van der Waals surface area contributed by atoms with Gasteiger partial charge >= 0.3 is 0 Å². The number of rotatable bonds is 6. The van der Waals surface area contributed by atoms with Gasteiger partial charge in [0.1, 0.15) is 0 Å². The first-order valence-electron chi connectivity index (χ1n) is 10.8. The van der Waals surface area contributed by atoms with Gasteiger partial charge < -0.3 is 5.32 Å². The van der Waals surface area contributed by atoms with Gasteiger partial charge in [0.05, 0.1) is 12.5 Å². The van der Waals surface area contributed by atoms with Gasteiger partial charge in [-0.1, -0.05) is 66.7 Å². The van der Waals surface area contributed by atoms with Crippen LogP contribution in [0.1, 0.15) is 28.3 Å². The lowest BCUT2D eigenvalue weighted by Gasteiger charge is -2.35. The summed E-state index contributed by atoms with van der Waals surface area (Å²) in [5.74, 6) is 0.0778. The number of hydrogen-bond acceptors (Lipinski definition) is 3. The molecule has 0 spiro atoms. The standard InChI is InChI=1S/C27H26N2OS/c30-27(16-22-10-5-9-21-7-3-4-11-25(21)22)28-17-26(24-13-15-31-19-24)29-14-12-20-6-1-2-8-23(20)18-29/h1-11,13,15,19,26H,12,14,16-18H2,(H,28,30)/t26-/m0/s1. The number of hydrogen-bond donors (Lipinski definition) is 1. The van der Waals surface area contributed by atoms with E-state index in [1.165, 1.54) is 22.1 Å². The highest BCUT2D eigenvalue weighted by molar-refractivity contribution is 7.08. The van der Waals surface area contributed by atoms with Crippen LogP contribution in [0.3, 0.4) is 0 Å². The SMILES string of the molecule is O=C(Cc1cccc2ccccc12)NC[C@@H](c1ccsc1)N1CCc2ccccc2C1. The largest absolute Gasteiger partial charge is 0.354 e. The Morgan fingerprint density at radius 3 is 2.65 bits per heavy atom. The van der Waals surface area contributed by atoms with Gasteiger partial charge in [0.15, 0.2) is 0 Å². The molecule has 31 heavy (non-hydrogen) atoms. The van der Waals surface area contributed by atoms with Gasteiger partial charge in [-0.2, -0.15) is 11.3 Å². The van der Waals surface area contributed by atoms with E-state index in [1.54, 1.807) is 11.3 Å². The molecule has 1 aliphatic rings. The Bertz CT molecular complexity index is 1180. The van der Waals surface area contributed by atoms with E-state index in [-0.39, 0.29) is 11.9 Å². The molecular formula is C27H26N2OS. The summed E-state index contributed by atoms with van der Waals surface area (Å²) in [6.45, 7) is 2.56. The molecule has 3 nitrogen and oxygen atoms in total. The first kappa shape index (κ1) is 20.0. The maximum Gasteiger partial charge on any atom is 0.224 e. The van der Waals surface area contributed by atoms with Crippen LogP contribution in [0.15, 0.2) is 83.6 Å². The van der Waals surface area contributed by atoms with Crippen LogP contribution in [-0.4, -0.2) is 23.9 Å². The Balaban J connectivity index is 1.30. The molecule has 0 aliphatic carbocycles. The second-order valence-electron chi connectivity index (χ2n) is 8.18. The molecule has 0 radical (unpaired) electrons. The quantitative estimate of drug-likeness (QED) is 0.450. The summed E-state index contributed by atoms with van der Waals surface area (Å²) >= 11 is 1.72. The number of carbonyl (C=O) groups excluding carboxylic acids is 1. The van der Waals surface area contributed by atoms with E-state index in [4.69, 9.17) is 0 Å². The number of fused-ring (bicyclic) bond motifs is 2. The first-order chi connectivity index (χ1) is 15.3. The van der Waals surface area contributed by atoms with Crippen LogP contribution in [0.4, 0.5) is 0 Å². The first-order valence-corrected chi connectivity index (χ1v) is 11.8. The summed E-state index contributed by atoms with van der Waals surface area (Å²) in [7, 11) is 0. The average molecular weight is 427 g/mol. The van der Waals surface area contributed by atoms with Crippen molar-refractivity contribution < 1.29 is 4.79 Å². The molecule has 5 rings (SSSR count). The monoisotopic (exact) mass is 426 g/mol. The van der Waals surface area contributed by atoms with Crippen LogP contribution < -0.4 is 5.32 Å². The van der Waals surface area contributed by atoms with Crippen molar-refractivity contribution in [3.63, 3.8) is 0 Å². The Hall–Kier alpha value is -2.95. The van der Waals surface area contributed by atoms with Crippen molar-refractivity contribution in [2.45, 2.75) is 25.4 Å². The molecular weight excluding hydrogens is 400 g/mol. The number of nitrogens with zero attached hydrogens (tertiary/aromatic N) is 1. The predicted molar refractivity (Wildman–Crippen MR) is 128 cm³/mol. The van der Waals surface area contributed by atoms with E-state index in [0.717, 1.165) is 30.5 Å². The summed E-state index contributed by atoms with van der Waals surface area (Å²) < 4.78 is 0. The van der Waals surface area contributed by atoms with Crippen molar-refractivity contribution >= 4 is 28.0 Å². The van der Waals surface area contributed by atoms with Crippen LogP contribution in [0.25, 0.3) is 10.8 Å². The molecule has 1 amide bonds. The zero-order valence-electron chi connectivity index (χ0n) is 17.5. The highest BCUT2D eigenvalue weighted by Gasteiger charge is 2.25. The smallest absolute Gasteiger partial charge is 0.224 e. The fraction of sp³-hybridized carbons (Fsp3) is 0.222. The summed E-state index contributed by atoms with van der Waals surface area (Å²) in [5, 5.41) is 9.89. The van der Waals surface area contributed by atoms with Crippen LogP contribution in [0, 0.1) is 0 Å². The van der Waals surface area contributed by atoms with Crippen molar-refractivity contribution in [2.75, 3.05) is 13.1 Å². The number of carbonyl (C=O) groups is 1. The minimum atomic E-state index is 0.0778. The van der Waals surface area contributed by atoms with Gasteiger partial charge in [-0.05, 0) is 56.3 Å². The zero-order valence-corrected chi connectivity index (χ0v) is 18.3. The van der Waals surface area contributed by atoms with Crippen molar-refractivity contribution in [2.24, 2.45) is 0 Å². The molecule has 1 aliphatic heterocycles. The van der Waals surface area contributed by atoms with E-state index in [9.17, 15) is 4.79 Å². The fourth-order valence-corrected chi connectivity index (χ4v) is 5.31. The van der Waals surface area contributed by atoms with Gasteiger partial charge in [-0.3, -0.25) is 9.69 Å². The lowest BCUT2D eigenvalue weighted by atomic mass is 9.97. The molecule has 0 saturated carbocycles. The third-order valence-corrected chi connectivity index (χ3v) is 6.95. The predicted octanol–water partition coefficient (Wildman–Crippen LogP) is 5.36. The minimum absolute atomic E-state index is 0.0778. The van der Waals surface area contributed by atoms with Crippen molar-refractivity contribution in [1.29, 1.82) is 0 Å². The van der Waals surface area contributed by atoms with Gasteiger partial charge in [-0.15, -0.1) is 0 Å². The number of nitrogens with one attached hydrogen (secondary N) is 1. The number of amides is 1. The van der Waals surface area contributed by atoms with Gasteiger partial charge in [-0.25, -0.2) is 0 Å². The molecule has 1 aromatic heterocycles. The molecule has 1 N–H and O–H groups in total. The highest BCUT2D eigenvalue weighted by atomic mass is 32.1. The van der Waals surface area contributed by atoms with Gasteiger partial charge in [0, 0.05) is 19.6 Å². The van der Waals surface area contributed by atoms with E-state index in [0.29, 0.717) is 13.0 Å². The molecule has 4 aromatic rings. The topological polar surface area (TPSA) is 32.3 Å². The molecule has 4 heteroatoms. The number of thiophene rings is 1. The minimum Gasteiger partial charge on any atom is -0.354 e. The number of benzene rings is 3. The summed E-state index contributed by atoms with van der Waals surface area (Å²) in [6, 6.07) is 25.5. The lowest BCUT2D eigenvalue weighted by molar-refractivity contribution is -0.120. The normalized spacial score (nSPS) is 14.8. The average Bonchev–Trinajstić information content (AvgIpc) is 3.34. The van der Waals surface area contributed by atoms with E-state index >= 15 is 0 Å². The summed E-state index contributed by atoms with van der Waals surface area (Å²) in [5.41, 5.74) is 5.21. The van der Waals surface area contributed by atoms with Gasteiger partial charge in [0.25, 0.3) is 0 Å². The second kappa shape index (κ2) is 9.04. The van der Waals surface area contributed by atoms with E-state index in [1.807, 2.05) is 18.2 Å². The van der Waals surface area contributed by atoms with E-state index < -0.39 is 0 Å². The third kappa shape index (κ3) is 4.41. The van der Waals surface area contributed by atoms with Crippen molar-refractivity contribution in [3.05, 3.63) is 106 Å². The molecule has 2 heterocycles. The molecule has 0 fully saturated rings. The maximum atomic E-state index is 12.9.